The van der Waals surface area contributed by atoms with Gasteiger partial charge in [0.05, 0.1) is 18.6 Å². The van der Waals surface area contributed by atoms with Crippen LogP contribution < -0.4 is 0 Å². The summed E-state index contributed by atoms with van der Waals surface area (Å²) in [7, 11) is 0. The molecule has 3 unspecified atom stereocenters. The fraction of sp³-hybridized carbons (Fsp3) is 1.00. The fourth-order valence-electron chi connectivity index (χ4n) is 3.61. The minimum Gasteiger partial charge on any atom is -0.391 e. The summed E-state index contributed by atoms with van der Waals surface area (Å²) < 4.78 is 46.7. The first-order valence-corrected chi connectivity index (χ1v) is 10.3. The van der Waals surface area contributed by atoms with Crippen LogP contribution in [0.5, 0.6) is 0 Å². The number of likely N-dealkylation sites (tertiary alicyclic amines) is 1. The maximum absolute atomic E-state index is 13.4. The predicted molar refractivity (Wildman–Crippen MR) is 98.6 cm³/mol. The van der Waals surface area contributed by atoms with Crippen LogP contribution in [0.25, 0.3) is 0 Å². The maximum Gasteiger partial charge on any atom is 0.395 e. The maximum atomic E-state index is 13.4. The summed E-state index contributed by atoms with van der Waals surface area (Å²) in [6.45, 7) is 6.18. The lowest BCUT2D eigenvalue weighted by Crippen LogP contribution is -2.51. The molecule has 1 aliphatic heterocycles. The summed E-state index contributed by atoms with van der Waals surface area (Å²) in [5, 5.41) is 10.1. The van der Waals surface area contributed by atoms with E-state index in [1.165, 1.54) is 6.42 Å². The van der Waals surface area contributed by atoms with Gasteiger partial charge in [0.15, 0.2) is 0 Å². The molecule has 1 heterocycles. The van der Waals surface area contributed by atoms with Crippen molar-refractivity contribution in [1.29, 1.82) is 0 Å². The number of β-amino-alcohol motifs (C(OH)–C–C–N with tert-alkyl or cyclic N) is 1. The van der Waals surface area contributed by atoms with Crippen LogP contribution in [-0.4, -0.2) is 58.1 Å². The van der Waals surface area contributed by atoms with Gasteiger partial charge in [-0.2, -0.15) is 13.2 Å². The van der Waals surface area contributed by atoms with E-state index in [4.69, 9.17) is 4.74 Å². The number of aliphatic hydroxyl groups is 1. The van der Waals surface area contributed by atoms with Crippen LogP contribution in [-0.2, 0) is 4.74 Å². The standard InChI is InChI=1S/C17H31F3INO2/c1-4-24-12-13-15(17(18,19)20)14(23)11-22(13)16(2,3)9-7-5-6-8-10-21/h13-15,23H,4-12H2,1-3H3. The Morgan fingerprint density at radius 2 is 1.79 bits per heavy atom. The van der Waals surface area contributed by atoms with Crippen molar-refractivity contribution >= 4 is 22.6 Å². The Morgan fingerprint density at radius 3 is 2.33 bits per heavy atom. The second kappa shape index (κ2) is 9.92. The van der Waals surface area contributed by atoms with Crippen LogP contribution in [0, 0.1) is 5.92 Å². The summed E-state index contributed by atoms with van der Waals surface area (Å²) in [6, 6.07) is -0.815. The second-order valence-electron chi connectivity index (χ2n) is 7.18. The highest BCUT2D eigenvalue weighted by Crippen LogP contribution is 2.42. The van der Waals surface area contributed by atoms with E-state index >= 15 is 0 Å². The molecule has 1 aliphatic rings. The molecule has 0 aromatic heterocycles. The highest BCUT2D eigenvalue weighted by molar-refractivity contribution is 14.1. The van der Waals surface area contributed by atoms with Gasteiger partial charge in [-0.25, -0.2) is 0 Å². The van der Waals surface area contributed by atoms with E-state index in [2.05, 4.69) is 22.6 Å². The van der Waals surface area contributed by atoms with Gasteiger partial charge in [-0.05, 0) is 38.0 Å². The molecule has 1 rings (SSSR count). The van der Waals surface area contributed by atoms with Crippen molar-refractivity contribution in [2.45, 2.75) is 76.7 Å². The molecule has 0 aromatic rings. The van der Waals surface area contributed by atoms with Gasteiger partial charge < -0.3 is 9.84 Å². The van der Waals surface area contributed by atoms with Crippen LogP contribution in [0.2, 0.25) is 0 Å². The summed E-state index contributed by atoms with van der Waals surface area (Å²) in [5.74, 6) is -1.73. The fourth-order valence-corrected chi connectivity index (χ4v) is 4.15. The molecule has 0 saturated carbocycles. The minimum absolute atomic E-state index is 0.00992. The number of halogens is 4. The molecule has 7 heteroatoms. The van der Waals surface area contributed by atoms with E-state index in [1.807, 2.05) is 18.7 Å². The molecule has 3 nitrogen and oxygen atoms in total. The van der Waals surface area contributed by atoms with E-state index in [9.17, 15) is 18.3 Å². The number of hydrogen-bond donors (Lipinski definition) is 1. The summed E-state index contributed by atoms with van der Waals surface area (Å²) in [6.07, 6.45) is -0.522. The zero-order valence-electron chi connectivity index (χ0n) is 14.9. The van der Waals surface area contributed by atoms with Gasteiger partial charge >= 0.3 is 6.18 Å². The molecule has 0 bridgehead atoms. The van der Waals surface area contributed by atoms with E-state index in [1.54, 1.807) is 6.92 Å². The van der Waals surface area contributed by atoms with Gasteiger partial charge in [-0.1, -0.05) is 41.9 Å². The van der Waals surface area contributed by atoms with Crippen LogP contribution in [0.1, 0.15) is 52.9 Å². The van der Waals surface area contributed by atoms with Crippen molar-refractivity contribution in [2.24, 2.45) is 5.92 Å². The molecule has 144 valence electrons. The van der Waals surface area contributed by atoms with Gasteiger partial charge in [0.2, 0.25) is 0 Å². The van der Waals surface area contributed by atoms with Crippen molar-refractivity contribution in [3.05, 3.63) is 0 Å². The Bertz CT molecular complexity index is 366. The van der Waals surface area contributed by atoms with Crippen molar-refractivity contribution in [3.63, 3.8) is 0 Å². The quantitative estimate of drug-likeness (QED) is 0.295. The summed E-state index contributed by atoms with van der Waals surface area (Å²) in [4.78, 5) is 1.82. The normalized spacial score (nSPS) is 26.2. The van der Waals surface area contributed by atoms with Crippen molar-refractivity contribution in [2.75, 3.05) is 24.2 Å². The number of rotatable bonds is 10. The molecular weight excluding hydrogens is 434 g/mol. The van der Waals surface area contributed by atoms with Gasteiger partial charge in [0.1, 0.15) is 0 Å². The second-order valence-corrected chi connectivity index (χ2v) is 8.26. The Morgan fingerprint density at radius 1 is 1.17 bits per heavy atom. The van der Waals surface area contributed by atoms with Crippen LogP contribution in [0.4, 0.5) is 13.2 Å². The number of hydrogen-bond acceptors (Lipinski definition) is 3. The van der Waals surface area contributed by atoms with Crippen LogP contribution in [0.15, 0.2) is 0 Å². The van der Waals surface area contributed by atoms with E-state index in [-0.39, 0.29) is 18.7 Å². The molecule has 3 atom stereocenters. The zero-order valence-corrected chi connectivity index (χ0v) is 17.1. The van der Waals surface area contributed by atoms with Crippen LogP contribution >= 0.6 is 22.6 Å². The lowest BCUT2D eigenvalue weighted by atomic mass is 9.91. The Kier molecular flexibility index (Phi) is 9.28. The molecule has 0 aliphatic carbocycles. The number of unbranched alkanes of at least 4 members (excludes halogenated alkanes) is 3. The van der Waals surface area contributed by atoms with Gasteiger partial charge in [0.25, 0.3) is 0 Å². The van der Waals surface area contributed by atoms with Gasteiger partial charge in [-0.15, -0.1) is 0 Å². The lowest BCUT2D eigenvalue weighted by molar-refractivity contribution is -0.203. The van der Waals surface area contributed by atoms with Gasteiger partial charge in [0, 0.05) is 24.7 Å². The topological polar surface area (TPSA) is 32.7 Å². The summed E-state index contributed by atoms with van der Waals surface area (Å²) in [5.41, 5.74) is -0.382. The first kappa shape index (κ1) is 22.4. The predicted octanol–water partition coefficient (Wildman–Crippen LogP) is 4.41. The summed E-state index contributed by atoms with van der Waals surface area (Å²) >= 11 is 2.36. The molecule has 1 N–H and O–H groups in total. The van der Waals surface area contributed by atoms with E-state index in [0.29, 0.717) is 6.61 Å². The van der Waals surface area contributed by atoms with E-state index in [0.717, 1.165) is 30.1 Å². The molecule has 0 spiro atoms. The third kappa shape index (κ3) is 6.29. The van der Waals surface area contributed by atoms with Crippen molar-refractivity contribution < 1.29 is 23.0 Å². The molecule has 24 heavy (non-hydrogen) atoms. The SMILES string of the molecule is CCOCC1C(C(F)(F)F)C(O)CN1C(C)(C)CCCCCCI. The molecule has 0 radical (unpaired) electrons. The average molecular weight is 465 g/mol. The number of nitrogens with zero attached hydrogens (tertiary/aromatic N) is 1. The highest BCUT2D eigenvalue weighted by Gasteiger charge is 2.57. The number of aliphatic hydroxyl groups excluding tert-OH is 1. The Hall–Kier alpha value is 0.400. The van der Waals surface area contributed by atoms with E-state index < -0.39 is 24.2 Å². The number of alkyl halides is 4. The van der Waals surface area contributed by atoms with Crippen molar-refractivity contribution in [1.82, 2.24) is 4.90 Å². The third-order valence-corrected chi connectivity index (χ3v) is 5.70. The smallest absolute Gasteiger partial charge is 0.391 e. The Balaban J connectivity index is 2.77. The molecular formula is C17H31F3INO2. The lowest BCUT2D eigenvalue weighted by Gasteiger charge is -2.41. The van der Waals surface area contributed by atoms with Crippen molar-refractivity contribution in [3.8, 4) is 0 Å². The minimum atomic E-state index is -4.41. The first-order chi connectivity index (χ1) is 11.1. The molecule has 1 fully saturated rings. The van der Waals surface area contributed by atoms with Gasteiger partial charge in [-0.3, -0.25) is 4.90 Å². The highest BCUT2D eigenvalue weighted by atomic mass is 127. The zero-order chi connectivity index (χ0) is 18.4. The largest absolute Gasteiger partial charge is 0.395 e. The first-order valence-electron chi connectivity index (χ1n) is 8.80. The molecule has 1 saturated heterocycles. The monoisotopic (exact) mass is 465 g/mol. The number of ether oxygens (including phenoxy) is 1. The van der Waals surface area contributed by atoms with Crippen LogP contribution in [0.3, 0.4) is 0 Å². The average Bonchev–Trinajstić information content (AvgIpc) is 2.82. The molecule has 0 aromatic carbocycles. The molecule has 0 amide bonds. The third-order valence-electron chi connectivity index (χ3n) is 4.93. The Labute approximate surface area is 157 Å².